The molecule has 2 aromatic heterocycles. The first-order chi connectivity index (χ1) is 9.11. The number of aromatic nitrogens is 1. The van der Waals surface area contributed by atoms with Crippen LogP contribution in [0.15, 0.2) is 16.5 Å². The van der Waals surface area contributed by atoms with Gasteiger partial charge in [0.1, 0.15) is 10.6 Å². The maximum absolute atomic E-state index is 12.0. The van der Waals surface area contributed by atoms with E-state index < -0.39 is 0 Å². The molecule has 5 nitrogen and oxygen atoms in total. The number of nitrogens with one attached hydrogen (secondary N) is 2. The maximum atomic E-state index is 12.0. The Hall–Kier alpha value is -1.08. The molecule has 1 amide bonds. The Bertz CT molecular complexity index is 584. The Morgan fingerprint density at radius 1 is 1.29 bits per heavy atom. The van der Waals surface area contributed by atoms with E-state index in [0.717, 1.165) is 23.0 Å². The molecule has 118 valence electrons. The zero-order chi connectivity index (χ0) is 13.8. The van der Waals surface area contributed by atoms with Gasteiger partial charge in [0.25, 0.3) is 5.91 Å². The van der Waals surface area contributed by atoms with E-state index in [1.165, 1.54) is 11.3 Å². The molecule has 0 aliphatic heterocycles. The van der Waals surface area contributed by atoms with Crippen LogP contribution in [-0.2, 0) is 0 Å². The summed E-state index contributed by atoms with van der Waals surface area (Å²) in [6.07, 6.45) is 0. The topological polar surface area (TPSA) is 67.2 Å². The van der Waals surface area contributed by atoms with Crippen LogP contribution >= 0.6 is 36.2 Å². The molecular formula is C13H19Cl2N3O2S. The van der Waals surface area contributed by atoms with Crippen LogP contribution in [0.3, 0.4) is 0 Å². The van der Waals surface area contributed by atoms with Gasteiger partial charge in [-0.15, -0.1) is 36.2 Å². The fraction of sp³-hybridized carbons (Fsp3) is 0.385. The number of hydrogen-bond acceptors (Lipinski definition) is 5. The van der Waals surface area contributed by atoms with Crippen LogP contribution < -0.4 is 10.6 Å². The Balaban J connectivity index is 0.00000200. The summed E-state index contributed by atoms with van der Waals surface area (Å²) in [6.45, 7) is 5.06. The molecule has 0 bridgehead atoms. The molecule has 2 heterocycles. The van der Waals surface area contributed by atoms with E-state index in [-0.39, 0.29) is 30.7 Å². The molecule has 2 aromatic rings. The Morgan fingerprint density at radius 2 is 2.00 bits per heavy atom. The van der Waals surface area contributed by atoms with Crippen molar-refractivity contribution in [3.05, 3.63) is 28.5 Å². The van der Waals surface area contributed by atoms with Gasteiger partial charge in [-0.2, -0.15) is 0 Å². The third-order valence-electron chi connectivity index (χ3n) is 2.61. The number of thiazole rings is 1. The quantitative estimate of drug-likeness (QED) is 0.812. The Kier molecular flexibility index (Phi) is 8.58. The number of amides is 1. The van der Waals surface area contributed by atoms with Gasteiger partial charge in [-0.3, -0.25) is 4.79 Å². The van der Waals surface area contributed by atoms with E-state index in [1.54, 1.807) is 0 Å². The van der Waals surface area contributed by atoms with E-state index in [2.05, 4.69) is 15.6 Å². The summed E-state index contributed by atoms with van der Waals surface area (Å²) in [5.74, 6) is 1.46. The average Bonchev–Trinajstić information content (AvgIpc) is 2.95. The minimum absolute atomic E-state index is 0. The van der Waals surface area contributed by atoms with E-state index in [4.69, 9.17) is 4.42 Å². The monoisotopic (exact) mass is 351 g/mol. The molecular weight excluding hydrogens is 333 g/mol. The molecule has 8 heteroatoms. The molecule has 0 unspecified atom stereocenters. The number of likely N-dealkylation sites (N-methyl/N-ethyl adjacent to an activating group) is 1. The molecule has 0 saturated heterocycles. The smallest absolute Gasteiger partial charge is 0.263 e. The number of hydrogen-bond donors (Lipinski definition) is 2. The number of aryl methyl sites for hydroxylation is 2. The number of furan rings is 1. The fourth-order valence-electron chi connectivity index (χ4n) is 1.64. The van der Waals surface area contributed by atoms with E-state index in [1.807, 2.05) is 33.0 Å². The third kappa shape index (κ3) is 5.00. The molecule has 0 atom stereocenters. The van der Waals surface area contributed by atoms with Crippen LogP contribution in [0.2, 0.25) is 0 Å². The van der Waals surface area contributed by atoms with Crippen molar-refractivity contribution >= 4 is 42.1 Å². The zero-order valence-electron chi connectivity index (χ0n) is 12.1. The van der Waals surface area contributed by atoms with Gasteiger partial charge in [-0.25, -0.2) is 4.98 Å². The maximum Gasteiger partial charge on any atom is 0.263 e. The summed E-state index contributed by atoms with van der Waals surface area (Å²) in [7, 11) is 1.85. The van der Waals surface area contributed by atoms with E-state index in [9.17, 15) is 4.79 Å². The molecule has 0 radical (unpaired) electrons. The lowest BCUT2D eigenvalue weighted by atomic mass is 10.3. The van der Waals surface area contributed by atoms with E-state index in [0.29, 0.717) is 17.2 Å². The summed E-state index contributed by atoms with van der Waals surface area (Å²) in [4.78, 5) is 17.0. The molecule has 2 rings (SSSR count). The average molecular weight is 352 g/mol. The van der Waals surface area contributed by atoms with Gasteiger partial charge >= 0.3 is 0 Å². The number of halogens is 2. The summed E-state index contributed by atoms with van der Waals surface area (Å²) in [5, 5.41) is 6.57. The number of rotatable bonds is 5. The Morgan fingerprint density at radius 3 is 2.57 bits per heavy atom. The normalized spacial score (nSPS) is 9.67. The van der Waals surface area contributed by atoms with Crippen LogP contribution in [0.5, 0.6) is 0 Å². The van der Waals surface area contributed by atoms with Crippen molar-refractivity contribution in [2.75, 3.05) is 20.1 Å². The van der Waals surface area contributed by atoms with Gasteiger partial charge in [0.2, 0.25) is 0 Å². The lowest BCUT2D eigenvalue weighted by Crippen LogP contribution is -2.30. The highest BCUT2D eigenvalue weighted by Crippen LogP contribution is 2.29. The first-order valence-electron chi connectivity index (χ1n) is 6.09. The van der Waals surface area contributed by atoms with E-state index >= 15 is 0 Å². The molecule has 0 spiro atoms. The molecule has 0 aromatic carbocycles. The highest BCUT2D eigenvalue weighted by molar-refractivity contribution is 7.17. The molecule has 0 fully saturated rings. The predicted octanol–water partition coefficient (Wildman–Crippen LogP) is 2.81. The third-order valence-corrected chi connectivity index (χ3v) is 3.79. The van der Waals surface area contributed by atoms with Crippen LogP contribution in [0.25, 0.3) is 10.8 Å². The largest absolute Gasteiger partial charge is 0.459 e. The van der Waals surface area contributed by atoms with Gasteiger partial charge in [0.15, 0.2) is 10.8 Å². The highest BCUT2D eigenvalue weighted by Gasteiger charge is 2.17. The van der Waals surface area contributed by atoms with Crippen molar-refractivity contribution in [1.82, 2.24) is 15.6 Å². The second-order valence-corrected chi connectivity index (χ2v) is 5.20. The lowest BCUT2D eigenvalue weighted by Gasteiger charge is -2.02. The summed E-state index contributed by atoms with van der Waals surface area (Å²) in [6, 6.07) is 3.76. The SMILES string of the molecule is CNCCNC(=O)c1sc(-c2ccc(C)o2)nc1C.Cl.Cl. The first-order valence-corrected chi connectivity index (χ1v) is 6.90. The highest BCUT2D eigenvalue weighted by atomic mass is 35.5. The van der Waals surface area contributed by atoms with Crippen molar-refractivity contribution in [3.63, 3.8) is 0 Å². The molecule has 21 heavy (non-hydrogen) atoms. The van der Waals surface area contributed by atoms with Gasteiger partial charge in [-0.1, -0.05) is 0 Å². The number of carbonyl (C=O) groups is 1. The number of carbonyl (C=O) groups excluding carboxylic acids is 1. The molecule has 0 saturated carbocycles. The van der Waals surface area contributed by atoms with Crippen LogP contribution in [-0.4, -0.2) is 31.0 Å². The minimum Gasteiger partial charge on any atom is -0.459 e. The van der Waals surface area contributed by atoms with Crippen molar-refractivity contribution in [1.29, 1.82) is 0 Å². The van der Waals surface area contributed by atoms with Crippen LogP contribution in [0.1, 0.15) is 21.1 Å². The fourth-order valence-corrected chi connectivity index (χ4v) is 2.59. The lowest BCUT2D eigenvalue weighted by molar-refractivity contribution is 0.0957. The Labute approximate surface area is 140 Å². The standard InChI is InChI=1S/C13H17N3O2S.2ClH/c1-8-4-5-10(18-8)13-16-9(2)11(19-13)12(17)15-7-6-14-3;;/h4-5,14H,6-7H2,1-3H3,(H,15,17);2*1H. The van der Waals surface area contributed by atoms with Crippen LogP contribution in [0.4, 0.5) is 0 Å². The second-order valence-electron chi connectivity index (χ2n) is 4.20. The second kappa shape index (κ2) is 9.04. The predicted molar refractivity (Wildman–Crippen MR) is 90.0 cm³/mol. The van der Waals surface area contributed by atoms with Crippen molar-refractivity contribution in [2.45, 2.75) is 13.8 Å². The van der Waals surface area contributed by atoms with Crippen molar-refractivity contribution in [3.8, 4) is 10.8 Å². The molecule has 0 aliphatic carbocycles. The minimum atomic E-state index is -0.0835. The van der Waals surface area contributed by atoms with Crippen molar-refractivity contribution in [2.24, 2.45) is 0 Å². The van der Waals surface area contributed by atoms with Gasteiger partial charge in [-0.05, 0) is 33.0 Å². The first kappa shape index (κ1) is 19.9. The summed E-state index contributed by atoms with van der Waals surface area (Å²) < 4.78 is 5.52. The summed E-state index contributed by atoms with van der Waals surface area (Å²) >= 11 is 1.35. The van der Waals surface area contributed by atoms with Gasteiger partial charge < -0.3 is 15.1 Å². The zero-order valence-corrected chi connectivity index (χ0v) is 14.5. The van der Waals surface area contributed by atoms with Gasteiger partial charge in [0, 0.05) is 13.1 Å². The number of nitrogens with zero attached hydrogens (tertiary/aromatic N) is 1. The molecule has 0 aliphatic rings. The molecule has 2 N–H and O–H groups in total. The van der Waals surface area contributed by atoms with Crippen LogP contribution in [0, 0.1) is 13.8 Å². The van der Waals surface area contributed by atoms with Crippen molar-refractivity contribution < 1.29 is 9.21 Å². The van der Waals surface area contributed by atoms with Gasteiger partial charge in [0.05, 0.1) is 5.69 Å². The summed E-state index contributed by atoms with van der Waals surface area (Å²) in [5.41, 5.74) is 0.732.